The summed E-state index contributed by atoms with van der Waals surface area (Å²) in [5.41, 5.74) is 2.10. The fourth-order valence-corrected chi connectivity index (χ4v) is 2.86. The highest BCUT2D eigenvalue weighted by atomic mass is 16.5. The van der Waals surface area contributed by atoms with E-state index in [1.165, 1.54) is 5.56 Å². The van der Waals surface area contributed by atoms with Crippen LogP contribution in [-0.2, 0) is 17.8 Å². The molecule has 0 radical (unpaired) electrons. The maximum absolute atomic E-state index is 12.1. The number of guanidine groups is 1. The van der Waals surface area contributed by atoms with Crippen LogP contribution < -0.4 is 30.2 Å². The Kier molecular flexibility index (Phi) is 9.30. The molecule has 0 fully saturated rings. The van der Waals surface area contributed by atoms with Gasteiger partial charge in [-0.2, -0.15) is 0 Å². The molecule has 8 heteroatoms. The number of rotatable bonds is 10. The minimum atomic E-state index is -0.0957. The lowest BCUT2D eigenvalue weighted by Crippen LogP contribution is -2.43. The zero-order valence-electron chi connectivity index (χ0n) is 18.0. The molecule has 0 heterocycles. The average molecular weight is 415 g/mol. The molecule has 0 aromatic heterocycles. The van der Waals surface area contributed by atoms with Gasteiger partial charge >= 0.3 is 0 Å². The Hall–Kier alpha value is -3.42. The molecule has 2 aromatic carbocycles. The Labute approximate surface area is 177 Å². The van der Waals surface area contributed by atoms with Gasteiger partial charge in [0, 0.05) is 20.1 Å². The molecule has 0 saturated carbocycles. The summed E-state index contributed by atoms with van der Waals surface area (Å²) in [5.74, 6) is 2.12. The predicted octanol–water partition coefficient (Wildman–Crippen LogP) is 1.74. The number of carbonyl (C=O) groups is 1. The van der Waals surface area contributed by atoms with Crippen LogP contribution >= 0.6 is 0 Å². The van der Waals surface area contributed by atoms with E-state index >= 15 is 0 Å². The van der Waals surface area contributed by atoms with Crippen molar-refractivity contribution < 1.29 is 19.0 Å². The molecule has 2 rings (SSSR count). The lowest BCUT2D eigenvalue weighted by atomic mass is 10.1. The van der Waals surface area contributed by atoms with Crippen molar-refractivity contribution in [2.24, 2.45) is 4.99 Å². The number of ether oxygens (including phenoxy) is 3. The highest BCUT2D eigenvalue weighted by molar-refractivity contribution is 5.86. The van der Waals surface area contributed by atoms with Gasteiger partial charge in [-0.1, -0.05) is 30.3 Å². The standard InChI is InChI=1S/C22H30N4O4/c1-23-22(26-15-20(27)24-11-10-16-8-6-5-7-9-16)25-14-17-12-18(28-2)21(30-4)19(13-17)29-3/h5-9,12-13H,10-11,14-15H2,1-4H3,(H,24,27)(H2,23,25,26). The molecule has 30 heavy (non-hydrogen) atoms. The fourth-order valence-electron chi connectivity index (χ4n) is 2.86. The first-order valence-electron chi connectivity index (χ1n) is 9.65. The van der Waals surface area contributed by atoms with Gasteiger partial charge in [0.05, 0.1) is 27.9 Å². The van der Waals surface area contributed by atoms with Crippen LogP contribution in [0.4, 0.5) is 0 Å². The molecular formula is C22H30N4O4. The lowest BCUT2D eigenvalue weighted by molar-refractivity contribution is -0.119. The topological polar surface area (TPSA) is 93.2 Å². The van der Waals surface area contributed by atoms with Gasteiger partial charge in [0.25, 0.3) is 0 Å². The maximum Gasteiger partial charge on any atom is 0.239 e. The summed E-state index contributed by atoms with van der Waals surface area (Å²) in [6, 6.07) is 13.8. The van der Waals surface area contributed by atoms with Gasteiger partial charge < -0.3 is 30.2 Å². The van der Waals surface area contributed by atoms with Crippen LogP contribution in [0, 0.1) is 0 Å². The second-order valence-electron chi connectivity index (χ2n) is 6.40. The summed E-state index contributed by atoms with van der Waals surface area (Å²) in [4.78, 5) is 16.2. The van der Waals surface area contributed by atoms with E-state index in [2.05, 4.69) is 20.9 Å². The number of hydrogen-bond donors (Lipinski definition) is 3. The number of nitrogens with one attached hydrogen (secondary N) is 3. The van der Waals surface area contributed by atoms with E-state index in [0.29, 0.717) is 36.3 Å². The summed E-state index contributed by atoms with van der Waals surface area (Å²) in [5, 5.41) is 9.07. The molecule has 0 bridgehead atoms. The number of amides is 1. The van der Waals surface area contributed by atoms with E-state index in [1.807, 2.05) is 42.5 Å². The lowest BCUT2D eigenvalue weighted by Gasteiger charge is -2.16. The number of aliphatic imine (C=N–C) groups is 1. The molecule has 8 nitrogen and oxygen atoms in total. The molecule has 0 aliphatic carbocycles. The fraction of sp³-hybridized carbons (Fsp3) is 0.364. The van der Waals surface area contributed by atoms with E-state index in [1.54, 1.807) is 28.4 Å². The van der Waals surface area contributed by atoms with Crippen LogP contribution in [0.1, 0.15) is 11.1 Å². The number of nitrogens with zero attached hydrogens (tertiary/aromatic N) is 1. The second-order valence-corrected chi connectivity index (χ2v) is 6.40. The molecule has 2 aromatic rings. The summed E-state index contributed by atoms with van der Waals surface area (Å²) in [7, 11) is 6.36. The van der Waals surface area contributed by atoms with Crippen molar-refractivity contribution in [3.8, 4) is 17.2 Å². The first kappa shape index (κ1) is 22.9. The smallest absolute Gasteiger partial charge is 0.239 e. The van der Waals surface area contributed by atoms with Gasteiger partial charge in [-0.05, 0) is 29.7 Å². The van der Waals surface area contributed by atoms with Gasteiger partial charge in [-0.3, -0.25) is 9.79 Å². The maximum atomic E-state index is 12.1. The van der Waals surface area contributed by atoms with Crippen molar-refractivity contribution in [2.45, 2.75) is 13.0 Å². The summed E-state index contributed by atoms with van der Waals surface area (Å²) in [6.07, 6.45) is 0.792. The molecular weight excluding hydrogens is 384 g/mol. The van der Waals surface area contributed by atoms with Gasteiger partial charge in [-0.15, -0.1) is 0 Å². The quantitative estimate of drug-likeness (QED) is 0.405. The number of methoxy groups -OCH3 is 3. The van der Waals surface area contributed by atoms with Crippen LogP contribution in [0.2, 0.25) is 0 Å². The third kappa shape index (κ3) is 6.88. The molecule has 0 spiro atoms. The summed E-state index contributed by atoms with van der Waals surface area (Å²) in [6.45, 7) is 1.18. The third-order valence-corrected chi connectivity index (χ3v) is 4.40. The number of benzene rings is 2. The second kappa shape index (κ2) is 12.2. The van der Waals surface area contributed by atoms with E-state index in [0.717, 1.165) is 12.0 Å². The molecule has 0 saturated heterocycles. The Morgan fingerprint density at radius 1 is 0.900 bits per heavy atom. The van der Waals surface area contributed by atoms with E-state index < -0.39 is 0 Å². The van der Waals surface area contributed by atoms with E-state index in [9.17, 15) is 4.79 Å². The number of carbonyl (C=O) groups excluding carboxylic acids is 1. The van der Waals surface area contributed by atoms with Crippen LogP contribution in [0.5, 0.6) is 17.2 Å². The van der Waals surface area contributed by atoms with Crippen molar-refractivity contribution >= 4 is 11.9 Å². The highest BCUT2D eigenvalue weighted by Gasteiger charge is 2.13. The SMILES string of the molecule is CN=C(NCC(=O)NCCc1ccccc1)NCc1cc(OC)c(OC)c(OC)c1. The van der Waals surface area contributed by atoms with Crippen molar-refractivity contribution in [3.05, 3.63) is 53.6 Å². The Morgan fingerprint density at radius 2 is 1.57 bits per heavy atom. The molecule has 0 atom stereocenters. The molecule has 0 unspecified atom stereocenters. The molecule has 0 aliphatic heterocycles. The van der Waals surface area contributed by atoms with Crippen LogP contribution in [0.15, 0.2) is 47.5 Å². The Balaban J connectivity index is 1.81. The first-order valence-corrected chi connectivity index (χ1v) is 9.65. The first-order chi connectivity index (χ1) is 14.6. The monoisotopic (exact) mass is 414 g/mol. The zero-order chi connectivity index (χ0) is 21.8. The summed E-state index contributed by atoms with van der Waals surface area (Å²) >= 11 is 0. The molecule has 3 N–H and O–H groups in total. The van der Waals surface area contributed by atoms with Crippen molar-refractivity contribution in [1.29, 1.82) is 0 Å². The van der Waals surface area contributed by atoms with E-state index in [4.69, 9.17) is 14.2 Å². The minimum Gasteiger partial charge on any atom is -0.493 e. The van der Waals surface area contributed by atoms with Gasteiger partial charge in [0.1, 0.15) is 0 Å². The molecule has 162 valence electrons. The van der Waals surface area contributed by atoms with Crippen molar-refractivity contribution in [3.63, 3.8) is 0 Å². The predicted molar refractivity (Wildman–Crippen MR) is 117 cm³/mol. The van der Waals surface area contributed by atoms with Gasteiger partial charge in [-0.25, -0.2) is 0 Å². The van der Waals surface area contributed by atoms with E-state index in [-0.39, 0.29) is 12.5 Å². The van der Waals surface area contributed by atoms with Gasteiger partial charge in [0.15, 0.2) is 17.5 Å². The van der Waals surface area contributed by atoms with Crippen LogP contribution in [-0.4, -0.2) is 53.3 Å². The molecule has 0 aliphatic rings. The highest BCUT2D eigenvalue weighted by Crippen LogP contribution is 2.38. The largest absolute Gasteiger partial charge is 0.493 e. The Morgan fingerprint density at radius 3 is 2.13 bits per heavy atom. The average Bonchev–Trinajstić information content (AvgIpc) is 2.79. The van der Waals surface area contributed by atoms with Crippen LogP contribution in [0.25, 0.3) is 0 Å². The molecule has 1 amide bonds. The van der Waals surface area contributed by atoms with Crippen LogP contribution in [0.3, 0.4) is 0 Å². The number of hydrogen-bond acceptors (Lipinski definition) is 5. The Bertz CT molecular complexity index is 815. The van der Waals surface area contributed by atoms with Gasteiger partial charge in [0.2, 0.25) is 11.7 Å². The van der Waals surface area contributed by atoms with Crippen molar-refractivity contribution in [2.75, 3.05) is 41.5 Å². The normalized spacial score (nSPS) is 10.9. The zero-order valence-corrected chi connectivity index (χ0v) is 18.0. The van der Waals surface area contributed by atoms with Crippen molar-refractivity contribution in [1.82, 2.24) is 16.0 Å². The summed E-state index contributed by atoms with van der Waals surface area (Å²) < 4.78 is 16.1. The third-order valence-electron chi connectivity index (χ3n) is 4.40. The minimum absolute atomic E-state index is 0.0957.